The van der Waals surface area contributed by atoms with Crippen LogP contribution in [0.2, 0.25) is 0 Å². The maximum Gasteiger partial charge on any atom is 0.267 e. The Labute approximate surface area is 101 Å². The van der Waals surface area contributed by atoms with Gasteiger partial charge in [-0.1, -0.05) is 12.1 Å². The van der Waals surface area contributed by atoms with Gasteiger partial charge in [-0.25, -0.2) is 17.7 Å². The molecule has 0 bridgehead atoms. The molecule has 0 saturated carbocycles. The molecule has 2 N–H and O–H groups in total. The second-order valence-corrected chi connectivity index (χ2v) is 6.31. The summed E-state index contributed by atoms with van der Waals surface area (Å²) in [4.78, 5) is 4.38. The molecule has 1 aliphatic heterocycles. The van der Waals surface area contributed by atoms with Crippen molar-refractivity contribution >= 4 is 22.0 Å². The van der Waals surface area contributed by atoms with E-state index in [0.717, 1.165) is 0 Å². The molecule has 1 aromatic rings. The van der Waals surface area contributed by atoms with E-state index in [1.165, 1.54) is 10.6 Å². The number of aliphatic imine (C=N–C) groups is 1. The Balaban J connectivity index is 2.60. The van der Waals surface area contributed by atoms with Crippen LogP contribution in [0, 0.1) is 0 Å². The van der Waals surface area contributed by atoms with Crippen LogP contribution in [0.15, 0.2) is 34.2 Å². The van der Waals surface area contributed by atoms with Crippen LogP contribution in [-0.4, -0.2) is 31.1 Å². The monoisotopic (exact) mass is 253 g/mol. The quantitative estimate of drug-likeness (QED) is 0.857. The average molecular weight is 253 g/mol. The minimum Gasteiger partial charge on any atom is -0.328 e. The summed E-state index contributed by atoms with van der Waals surface area (Å²) < 4.78 is 26.0. The van der Waals surface area contributed by atoms with E-state index in [9.17, 15) is 8.42 Å². The van der Waals surface area contributed by atoms with Gasteiger partial charge in [0.05, 0.1) is 11.2 Å². The lowest BCUT2D eigenvalue weighted by Gasteiger charge is -2.36. The predicted molar refractivity (Wildman–Crippen MR) is 66.8 cm³/mol. The van der Waals surface area contributed by atoms with Crippen molar-refractivity contribution in [1.82, 2.24) is 4.31 Å². The zero-order chi connectivity index (χ0) is 12.7. The van der Waals surface area contributed by atoms with Crippen LogP contribution < -0.4 is 5.73 Å². The normalized spacial score (nSPS) is 17.9. The Morgan fingerprint density at radius 2 is 2.00 bits per heavy atom. The molecular formula is C11H15N3O2S. The van der Waals surface area contributed by atoms with E-state index in [4.69, 9.17) is 5.73 Å². The van der Waals surface area contributed by atoms with Crippen molar-refractivity contribution in [2.45, 2.75) is 24.3 Å². The molecule has 0 spiro atoms. The van der Waals surface area contributed by atoms with E-state index < -0.39 is 15.6 Å². The number of rotatable bonds is 2. The van der Waals surface area contributed by atoms with Gasteiger partial charge in [0, 0.05) is 6.54 Å². The number of fused-ring (bicyclic) bond motifs is 1. The summed E-state index contributed by atoms with van der Waals surface area (Å²) in [5.41, 5.74) is 5.39. The third-order valence-corrected chi connectivity index (χ3v) is 4.81. The van der Waals surface area contributed by atoms with Crippen LogP contribution in [0.4, 0.5) is 5.69 Å². The number of nitrogens with two attached hydrogens (primary N) is 1. The number of para-hydroxylation sites is 1. The molecule has 0 aromatic heterocycles. The minimum atomic E-state index is -3.55. The first-order valence-electron chi connectivity index (χ1n) is 5.27. The summed E-state index contributed by atoms with van der Waals surface area (Å²) in [5.74, 6) is 0. The van der Waals surface area contributed by atoms with E-state index in [0.29, 0.717) is 5.69 Å². The van der Waals surface area contributed by atoms with Gasteiger partial charge >= 0.3 is 0 Å². The fraction of sp³-hybridized carbons (Fsp3) is 0.364. The highest BCUT2D eigenvalue weighted by Gasteiger charge is 2.37. The molecule has 0 aliphatic carbocycles. The van der Waals surface area contributed by atoms with Crippen LogP contribution in [0.3, 0.4) is 0 Å². The van der Waals surface area contributed by atoms with E-state index >= 15 is 0 Å². The van der Waals surface area contributed by atoms with Crippen molar-refractivity contribution in [3.63, 3.8) is 0 Å². The van der Waals surface area contributed by atoms with Crippen molar-refractivity contribution in [2.75, 3.05) is 6.54 Å². The van der Waals surface area contributed by atoms with Crippen molar-refractivity contribution in [3.8, 4) is 0 Å². The van der Waals surface area contributed by atoms with E-state index in [-0.39, 0.29) is 11.4 Å². The number of hydrogen-bond donors (Lipinski definition) is 1. The van der Waals surface area contributed by atoms with Crippen LogP contribution in [0.25, 0.3) is 0 Å². The lowest BCUT2D eigenvalue weighted by Crippen LogP contribution is -2.52. The van der Waals surface area contributed by atoms with Gasteiger partial charge in [-0.05, 0) is 26.0 Å². The Kier molecular flexibility index (Phi) is 2.71. The van der Waals surface area contributed by atoms with Gasteiger partial charge < -0.3 is 5.73 Å². The van der Waals surface area contributed by atoms with Gasteiger partial charge in [-0.15, -0.1) is 0 Å². The molecule has 1 aromatic carbocycles. The lowest BCUT2D eigenvalue weighted by atomic mass is 10.1. The van der Waals surface area contributed by atoms with Crippen LogP contribution in [0.5, 0.6) is 0 Å². The molecule has 1 aliphatic rings. The van der Waals surface area contributed by atoms with Gasteiger partial charge in [-0.2, -0.15) is 0 Å². The Hall–Kier alpha value is -1.40. The molecule has 6 heteroatoms. The first-order valence-corrected chi connectivity index (χ1v) is 6.71. The van der Waals surface area contributed by atoms with E-state index in [1.807, 2.05) is 0 Å². The smallest absolute Gasteiger partial charge is 0.267 e. The Morgan fingerprint density at radius 3 is 2.65 bits per heavy atom. The predicted octanol–water partition coefficient (Wildman–Crippen LogP) is 1.09. The van der Waals surface area contributed by atoms with Gasteiger partial charge in [0.25, 0.3) is 10.0 Å². The molecule has 5 nitrogen and oxygen atoms in total. The summed E-state index contributed by atoms with van der Waals surface area (Å²) in [6, 6.07) is 6.68. The van der Waals surface area contributed by atoms with Gasteiger partial charge in [0.2, 0.25) is 0 Å². The lowest BCUT2D eigenvalue weighted by molar-refractivity contribution is 0.331. The fourth-order valence-corrected chi connectivity index (χ4v) is 3.38. The summed E-state index contributed by atoms with van der Waals surface area (Å²) in [7, 11) is -3.55. The van der Waals surface area contributed by atoms with Crippen molar-refractivity contribution < 1.29 is 8.42 Å². The van der Waals surface area contributed by atoms with Crippen LogP contribution >= 0.6 is 0 Å². The van der Waals surface area contributed by atoms with E-state index in [1.54, 1.807) is 38.1 Å². The summed E-state index contributed by atoms with van der Waals surface area (Å²) >= 11 is 0. The maximum absolute atomic E-state index is 12.4. The average Bonchev–Trinajstić information content (AvgIpc) is 2.29. The Bertz CT molecular complexity index is 564. The molecule has 17 heavy (non-hydrogen) atoms. The van der Waals surface area contributed by atoms with Crippen molar-refractivity contribution in [3.05, 3.63) is 24.3 Å². The molecule has 0 unspecified atom stereocenters. The molecule has 0 radical (unpaired) electrons. The highest BCUT2D eigenvalue weighted by molar-refractivity contribution is 7.89. The maximum atomic E-state index is 12.4. The second kappa shape index (κ2) is 3.82. The van der Waals surface area contributed by atoms with Crippen molar-refractivity contribution in [1.29, 1.82) is 0 Å². The molecule has 92 valence electrons. The van der Waals surface area contributed by atoms with Gasteiger partial charge in [-0.3, -0.25) is 0 Å². The molecule has 0 saturated heterocycles. The topological polar surface area (TPSA) is 75.8 Å². The highest BCUT2D eigenvalue weighted by atomic mass is 32.2. The summed E-state index contributed by atoms with van der Waals surface area (Å²) in [5, 5.41) is 0. The second-order valence-electron chi connectivity index (χ2n) is 4.53. The third-order valence-electron chi connectivity index (χ3n) is 2.80. The first kappa shape index (κ1) is 12.1. The highest BCUT2D eigenvalue weighted by Crippen LogP contribution is 2.33. The minimum absolute atomic E-state index is 0.223. The number of hydrogen-bond acceptors (Lipinski definition) is 4. The van der Waals surface area contributed by atoms with Gasteiger partial charge in [0.1, 0.15) is 11.2 Å². The van der Waals surface area contributed by atoms with Gasteiger partial charge in [0.15, 0.2) is 0 Å². The molecule has 0 atom stereocenters. The molecule has 0 fully saturated rings. The zero-order valence-electron chi connectivity index (χ0n) is 9.79. The molecule has 0 amide bonds. The molecule has 1 heterocycles. The molecular weight excluding hydrogens is 238 g/mol. The zero-order valence-corrected chi connectivity index (χ0v) is 10.6. The number of nitrogens with zero attached hydrogens (tertiary/aromatic N) is 2. The standard InChI is InChI=1S/C11H15N3O2S/c1-11(2,7-12)14-8-13-9-5-3-4-6-10(9)17(14,15)16/h3-6,8H,7,12H2,1-2H3. The fourth-order valence-electron chi connectivity index (χ4n) is 1.64. The number of benzene rings is 1. The largest absolute Gasteiger partial charge is 0.328 e. The third kappa shape index (κ3) is 1.83. The summed E-state index contributed by atoms with van der Waals surface area (Å²) in [6.07, 6.45) is 1.34. The Morgan fingerprint density at radius 1 is 1.35 bits per heavy atom. The van der Waals surface area contributed by atoms with E-state index in [2.05, 4.69) is 4.99 Å². The molecule has 2 rings (SSSR count). The van der Waals surface area contributed by atoms with Crippen LogP contribution in [-0.2, 0) is 10.0 Å². The first-order chi connectivity index (χ1) is 7.89. The number of sulfonamides is 1. The van der Waals surface area contributed by atoms with Crippen LogP contribution in [0.1, 0.15) is 13.8 Å². The SMILES string of the molecule is CC(C)(CN)N1C=Nc2ccccc2S1(=O)=O. The summed E-state index contributed by atoms with van der Waals surface area (Å²) in [6.45, 7) is 3.76. The van der Waals surface area contributed by atoms with Crippen molar-refractivity contribution in [2.24, 2.45) is 10.7 Å².